The van der Waals surface area contributed by atoms with Crippen LogP contribution in [0.2, 0.25) is 5.02 Å². The molecule has 0 aliphatic heterocycles. The fourth-order valence-electron chi connectivity index (χ4n) is 1.77. The smallest absolute Gasteiger partial charge is 0.269 e. The van der Waals surface area contributed by atoms with E-state index in [2.05, 4.69) is 5.32 Å². The van der Waals surface area contributed by atoms with E-state index < -0.39 is 4.92 Å². The topological polar surface area (TPSA) is 64.4 Å². The summed E-state index contributed by atoms with van der Waals surface area (Å²) in [6, 6.07) is 11.4. The molecule has 0 aromatic heterocycles. The van der Waals surface area contributed by atoms with Crippen molar-refractivity contribution in [2.24, 2.45) is 0 Å². The Morgan fingerprint density at radius 1 is 1.19 bits per heavy atom. The Hall–Kier alpha value is -2.11. The minimum Gasteiger partial charge on any atom is -0.457 e. The molecule has 0 bridgehead atoms. The van der Waals surface area contributed by atoms with Crippen LogP contribution in [0.15, 0.2) is 42.5 Å². The quantitative estimate of drug-likeness (QED) is 0.643. The van der Waals surface area contributed by atoms with Crippen molar-refractivity contribution in [2.75, 3.05) is 6.54 Å². The maximum Gasteiger partial charge on any atom is 0.269 e. The predicted octanol–water partition coefficient (Wildman–Crippen LogP) is 4.15. The lowest BCUT2D eigenvalue weighted by molar-refractivity contribution is -0.384. The SMILES string of the molecule is CCNCc1ccc(Oc2ccc([N+](=O)[O-])cc2)cc1Cl. The standard InChI is InChI=1S/C15H15ClN2O3/c1-2-17-10-11-3-6-14(9-15(11)16)21-13-7-4-12(5-8-13)18(19)20/h3-9,17H,2,10H2,1H3. The fourth-order valence-corrected chi connectivity index (χ4v) is 2.00. The first-order valence-electron chi connectivity index (χ1n) is 6.51. The Bertz CT molecular complexity index is 629. The number of non-ortho nitro benzene ring substituents is 1. The van der Waals surface area contributed by atoms with E-state index in [1.54, 1.807) is 18.2 Å². The Kier molecular flexibility index (Phi) is 5.14. The Balaban J connectivity index is 2.09. The molecule has 0 saturated carbocycles. The number of nitrogens with one attached hydrogen (secondary N) is 1. The summed E-state index contributed by atoms with van der Waals surface area (Å²) in [6.45, 7) is 3.60. The van der Waals surface area contributed by atoms with Gasteiger partial charge in [-0.3, -0.25) is 10.1 Å². The van der Waals surface area contributed by atoms with Crippen LogP contribution in [0, 0.1) is 10.1 Å². The van der Waals surface area contributed by atoms with E-state index in [1.165, 1.54) is 12.1 Å². The number of nitro groups is 1. The zero-order valence-corrected chi connectivity index (χ0v) is 12.3. The fraction of sp³-hybridized carbons (Fsp3) is 0.200. The second-order valence-electron chi connectivity index (χ2n) is 4.39. The summed E-state index contributed by atoms with van der Waals surface area (Å²) in [5.74, 6) is 1.12. The van der Waals surface area contributed by atoms with Crippen LogP contribution in [-0.4, -0.2) is 11.5 Å². The zero-order valence-electron chi connectivity index (χ0n) is 11.5. The van der Waals surface area contributed by atoms with Gasteiger partial charge in [-0.05, 0) is 36.4 Å². The number of benzene rings is 2. The van der Waals surface area contributed by atoms with E-state index >= 15 is 0 Å². The highest BCUT2D eigenvalue weighted by Crippen LogP contribution is 2.27. The van der Waals surface area contributed by atoms with Gasteiger partial charge in [-0.1, -0.05) is 24.6 Å². The molecule has 0 aliphatic carbocycles. The van der Waals surface area contributed by atoms with E-state index in [0.29, 0.717) is 23.1 Å². The highest BCUT2D eigenvalue weighted by atomic mass is 35.5. The number of ether oxygens (including phenoxy) is 1. The number of nitrogens with zero attached hydrogens (tertiary/aromatic N) is 1. The highest BCUT2D eigenvalue weighted by Gasteiger charge is 2.06. The second kappa shape index (κ2) is 7.06. The van der Waals surface area contributed by atoms with Crippen LogP contribution in [-0.2, 0) is 6.54 Å². The summed E-state index contributed by atoms with van der Waals surface area (Å²) in [5, 5.41) is 14.4. The lowest BCUT2D eigenvalue weighted by Gasteiger charge is -2.09. The molecule has 2 rings (SSSR count). The van der Waals surface area contributed by atoms with Gasteiger partial charge in [0.15, 0.2) is 0 Å². The van der Waals surface area contributed by atoms with Gasteiger partial charge in [0.1, 0.15) is 11.5 Å². The monoisotopic (exact) mass is 306 g/mol. The molecule has 1 N–H and O–H groups in total. The average Bonchev–Trinajstić information content (AvgIpc) is 2.47. The number of hydrogen-bond donors (Lipinski definition) is 1. The van der Waals surface area contributed by atoms with Gasteiger partial charge in [-0.25, -0.2) is 0 Å². The Labute approximate surface area is 127 Å². The highest BCUT2D eigenvalue weighted by molar-refractivity contribution is 6.31. The third-order valence-electron chi connectivity index (χ3n) is 2.87. The molecule has 0 fully saturated rings. The molecule has 0 radical (unpaired) electrons. The Morgan fingerprint density at radius 2 is 1.86 bits per heavy atom. The van der Waals surface area contributed by atoms with Gasteiger partial charge in [0.25, 0.3) is 5.69 Å². The maximum absolute atomic E-state index is 10.6. The Morgan fingerprint density at radius 3 is 2.43 bits per heavy atom. The molecule has 110 valence electrons. The van der Waals surface area contributed by atoms with E-state index in [-0.39, 0.29) is 5.69 Å². The second-order valence-corrected chi connectivity index (χ2v) is 4.79. The van der Waals surface area contributed by atoms with Gasteiger partial charge < -0.3 is 10.1 Å². The number of rotatable bonds is 6. The summed E-state index contributed by atoms with van der Waals surface area (Å²) in [7, 11) is 0. The van der Waals surface area contributed by atoms with Crippen LogP contribution < -0.4 is 10.1 Å². The first-order valence-corrected chi connectivity index (χ1v) is 6.89. The molecular formula is C15H15ClN2O3. The molecule has 0 aliphatic rings. The van der Waals surface area contributed by atoms with Crippen LogP contribution in [0.5, 0.6) is 11.5 Å². The molecule has 0 atom stereocenters. The van der Waals surface area contributed by atoms with Crippen LogP contribution in [0.3, 0.4) is 0 Å². The third-order valence-corrected chi connectivity index (χ3v) is 3.23. The summed E-state index contributed by atoms with van der Waals surface area (Å²) < 4.78 is 5.63. The van der Waals surface area contributed by atoms with Crippen molar-refractivity contribution < 1.29 is 9.66 Å². The number of nitro benzene ring substituents is 1. The number of hydrogen-bond acceptors (Lipinski definition) is 4. The molecular weight excluding hydrogens is 292 g/mol. The van der Waals surface area contributed by atoms with Gasteiger partial charge in [0, 0.05) is 23.7 Å². The molecule has 0 amide bonds. The van der Waals surface area contributed by atoms with Crippen LogP contribution in [0.1, 0.15) is 12.5 Å². The third kappa shape index (κ3) is 4.18. The first kappa shape index (κ1) is 15.3. The summed E-state index contributed by atoms with van der Waals surface area (Å²) >= 11 is 6.19. The minimum absolute atomic E-state index is 0.0290. The van der Waals surface area contributed by atoms with Crippen molar-refractivity contribution in [2.45, 2.75) is 13.5 Å². The predicted molar refractivity (Wildman–Crippen MR) is 82.0 cm³/mol. The van der Waals surface area contributed by atoms with E-state index in [4.69, 9.17) is 16.3 Å². The van der Waals surface area contributed by atoms with Crippen LogP contribution in [0.4, 0.5) is 5.69 Å². The van der Waals surface area contributed by atoms with Crippen LogP contribution in [0.25, 0.3) is 0 Å². The van der Waals surface area contributed by atoms with Crippen molar-refractivity contribution in [3.05, 3.63) is 63.2 Å². The molecule has 2 aromatic carbocycles. The summed E-state index contributed by atoms with van der Waals surface area (Å²) in [5.41, 5.74) is 1.02. The molecule has 6 heteroatoms. The zero-order chi connectivity index (χ0) is 15.2. The summed E-state index contributed by atoms with van der Waals surface area (Å²) in [4.78, 5) is 10.1. The largest absolute Gasteiger partial charge is 0.457 e. The van der Waals surface area contributed by atoms with Crippen molar-refractivity contribution in [3.8, 4) is 11.5 Å². The van der Waals surface area contributed by atoms with E-state index in [0.717, 1.165) is 12.1 Å². The molecule has 21 heavy (non-hydrogen) atoms. The summed E-state index contributed by atoms with van der Waals surface area (Å²) in [6.07, 6.45) is 0. The minimum atomic E-state index is -0.448. The van der Waals surface area contributed by atoms with E-state index in [1.807, 2.05) is 19.1 Å². The van der Waals surface area contributed by atoms with Gasteiger partial charge >= 0.3 is 0 Å². The normalized spacial score (nSPS) is 10.4. The van der Waals surface area contributed by atoms with Gasteiger partial charge in [-0.2, -0.15) is 0 Å². The van der Waals surface area contributed by atoms with Gasteiger partial charge in [0.2, 0.25) is 0 Å². The lowest BCUT2D eigenvalue weighted by Crippen LogP contribution is -2.11. The van der Waals surface area contributed by atoms with Crippen molar-refractivity contribution >= 4 is 17.3 Å². The lowest BCUT2D eigenvalue weighted by atomic mass is 10.2. The van der Waals surface area contributed by atoms with E-state index in [9.17, 15) is 10.1 Å². The molecule has 2 aromatic rings. The van der Waals surface area contributed by atoms with Gasteiger partial charge in [0.05, 0.1) is 4.92 Å². The first-order chi connectivity index (χ1) is 10.1. The van der Waals surface area contributed by atoms with Gasteiger partial charge in [-0.15, -0.1) is 0 Å². The molecule has 0 saturated heterocycles. The van der Waals surface area contributed by atoms with Crippen molar-refractivity contribution in [3.63, 3.8) is 0 Å². The maximum atomic E-state index is 10.6. The molecule has 0 heterocycles. The molecule has 0 spiro atoms. The van der Waals surface area contributed by atoms with Crippen LogP contribution >= 0.6 is 11.6 Å². The molecule has 5 nitrogen and oxygen atoms in total. The average molecular weight is 307 g/mol. The number of halogens is 1. The van der Waals surface area contributed by atoms with Crippen molar-refractivity contribution in [1.82, 2.24) is 5.32 Å². The molecule has 0 unspecified atom stereocenters. The van der Waals surface area contributed by atoms with Crippen molar-refractivity contribution in [1.29, 1.82) is 0 Å².